The van der Waals surface area contributed by atoms with Gasteiger partial charge in [-0.25, -0.2) is 0 Å². The lowest BCUT2D eigenvalue weighted by molar-refractivity contribution is 0.523. The first-order valence-electron chi connectivity index (χ1n) is 5.17. The van der Waals surface area contributed by atoms with Crippen molar-refractivity contribution < 1.29 is 4.42 Å². The second-order valence-electron chi connectivity index (χ2n) is 3.82. The molecule has 0 spiro atoms. The van der Waals surface area contributed by atoms with Crippen molar-refractivity contribution in [2.75, 3.05) is 6.26 Å². The zero-order valence-corrected chi connectivity index (χ0v) is 9.35. The van der Waals surface area contributed by atoms with Gasteiger partial charge in [0.1, 0.15) is 0 Å². The lowest BCUT2D eigenvalue weighted by Gasteiger charge is -2.18. The van der Waals surface area contributed by atoms with Gasteiger partial charge in [-0.05, 0) is 25.2 Å². The first-order valence-corrected chi connectivity index (χ1v) is 6.46. The Morgan fingerprint density at radius 3 is 3.21 bits per heavy atom. The molecule has 2 unspecified atom stereocenters. The minimum absolute atomic E-state index is 0.694. The van der Waals surface area contributed by atoms with Crippen LogP contribution in [0.1, 0.15) is 24.8 Å². The molecule has 0 aliphatic heterocycles. The van der Waals surface area contributed by atoms with E-state index < -0.39 is 0 Å². The molecule has 0 radical (unpaired) electrons. The van der Waals surface area contributed by atoms with Gasteiger partial charge in [-0.2, -0.15) is 11.8 Å². The van der Waals surface area contributed by atoms with E-state index in [0.29, 0.717) is 6.04 Å². The van der Waals surface area contributed by atoms with E-state index in [9.17, 15) is 0 Å². The minimum atomic E-state index is 0.694. The molecule has 1 aromatic heterocycles. The Kier molecular flexibility index (Phi) is 3.54. The van der Waals surface area contributed by atoms with Crippen molar-refractivity contribution in [2.45, 2.75) is 37.1 Å². The fourth-order valence-electron chi connectivity index (χ4n) is 2.08. The van der Waals surface area contributed by atoms with Gasteiger partial charge in [0.25, 0.3) is 0 Å². The van der Waals surface area contributed by atoms with E-state index >= 15 is 0 Å². The molecule has 1 aliphatic rings. The summed E-state index contributed by atoms with van der Waals surface area (Å²) in [5.41, 5.74) is 1.25. The fraction of sp³-hybridized carbons (Fsp3) is 0.636. The molecule has 2 nitrogen and oxygen atoms in total. The summed E-state index contributed by atoms with van der Waals surface area (Å²) in [6.07, 6.45) is 9.82. The van der Waals surface area contributed by atoms with Gasteiger partial charge in [-0.3, -0.25) is 0 Å². The highest BCUT2D eigenvalue weighted by atomic mass is 32.2. The van der Waals surface area contributed by atoms with E-state index in [2.05, 4.69) is 11.6 Å². The molecule has 1 fully saturated rings. The highest BCUT2D eigenvalue weighted by Crippen LogP contribution is 2.28. The van der Waals surface area contributed by atoms with Gasteiger partial charge in [0.15, 0.2) is 0 Å². The molecule has 1 aliphatic carbocycles. The molecule has 1 heterocycles. The predicted octanol–water partition coefficient (Wildman–Crippen LogP) is 2.65. The molecule has 3 heteroatoms. The Hall–Kier alpha value is -0.410. The van der Waals surface area contributed by atoms with Crippen LogP contribution < -0.4 is 5.32 Å². The second kappa shape index (κ2) is 4.89. The summed E-state index contributed by atoms with van der Waals surface area (Å²) in [6, 6.07) is 2.72. The van der Waals surface area contributed by atoms with Crippen LogP contribution in [0.25, 0.3) is 0 Å². The number of hydrogen-bond acceptors (Lipinski definition) is 3. The van der Waals surface area contributed by atoms with Crippen molar-refractivity contribution in [2.24, 2.45) is 0 Å². The number of hydrogen-bond donors (Lipinski definition) is 1. The largest absolute Gasteiger partial charge is 0.472 e. The molecular weight excluding hydrogens is 194 g/mol. The number of furan rings is 1. The summed E-state index contributed by atoms with van der Waals surface area (Å²) in [6.45, 7) is 0.943. The van der Waals surface area contributed by atoms with Crippen molar-refractivity contribution in [3.63, 3.8) is 0 Å². The van der Waals surface area contributed by atoms with Crippen LogP contribution >= 0.6 is 11.8 Å². The summed E-state index contributed by atoms with van der Waals surface area (Å²) in [4.78, 5) is 0. The monoisotopic (exact) mass is 211 g/mol. The van der Waals surface area contributed by atoms with Crippen LogP contribution in [0.4, 0.5) is 0 Å². The normalized spacial score (nSPS) is 26.9. The number of nitrogens with one attached hydrogen (secondary N) is 1. The van der Waals surface area contributed by atoms with Crippen molar-refractivity contribution in [3.05, 3.63) is 24.2 Å². The summed E-state index contributed by atoms with van der Waals surface area (Å²) in [5.74, 6) is 0. The average molecular weight is 211 g/mol. The van der Waals surface area contributed by atoms with E-state index in [1.807, 2.05) is 24.1 Å². The Morgan fingerprint density at radius 2 is 2.50 bits per heavy atom. The first kappa shape index (κ1) is 10.1. The Labute approximate surface area is 89.4 Å². The van der Waals surface area contributed by atoms with Crippen molar-refractivity contribution in [1.29, 1.82) is 0 Å². The van der Waals surface area contributed by atoms with E-state index in [4.69, 9.17) is 4.42 Å². The van der Waals surface area contributed by atoms with Crippen molar-refractivity contribution in [1.82, 2.24) is 5.32 Å². The molecule has 0 amide bonds. The average Bonchev–Trinajstić information content (AvgIpc) is 2.85. The van der Waals surface area contributed by atoms with E-state index in [1.165, 1.54) is 24.8 Å². The first-order chi connectivity index (χ1) is 6.90. The van der Waals surface area contributed by atoms with Gasteiger partial charge in [-0.15, -0.1) is 0 Å². The van der Waals surface area contributed by atoms with E-state index in [1.54, 1.807) is 6.26 Å². The molecular formula is C11H17NOS. The van der Waals surface area contributed by atoms with E-state index in [0.717, 1.165) is 11.8 Å². The minimum Gasteiger partial charge on any atom is -0.472 e. The highest BCUT2D eigenvalue weighted by molar-refractivity contribution is 7.99. The summed E-state index contributed by atoms with van der Waals surface area (Å²) in [7, 11) is 0. The standard InChI is InChI=1S/C11H17NOS/c1-14-11-4-2-3-10(11)12-7-9-5-6-13-8-9/h5-6,8,10-12H,2-4,7H2,1H3. The zero-order valence-electron chi connectivity index (χ0n) is 8.53. The number of thioether (sulfide) groups is 1. The quantitative estimate of drug-likeness (QED) is 0.829. The second-order valence-corrected chi connectivity index (χ2v) is 4.90. The van der Waals surface area contributed by atoms with Gasteiger partial charge >= 0.3 is 0 Å². The SMILES string of the molecule is CSC1CCCC1NCc1ccoc1. The molecule has 0 bridgehead atoms. The maximum absolute atomic E-state index is 5.04. The molecule has 78 valence electrons. The van der Waals surface area contributed by atoms with Crippen LogP contribution in [0.5, 0.6) is 0 Å². The third kappa shape index (κ3) is 2.34. The van der Waals surface area contributed by atoms with Crippen LogP contribution in [0.2, 0.25) is 0 Å². The van der Waals surface area contributed by atoms with Crippen LogP contribution in [0.15, 0.2) is 23.0 Å². The molecule has 0 saturated heterocycles. The third-order valence-corrected chi connectivity index (χ3v) is 4.07. The van der Waals surface area contributed by atoms with Crippen molar-refractivity contribution >= 4 is 11.8 Å². The van der Waals surface area contributed by atoms with Crippen LogP contribution in [-0.2, 0) is 6.54 Å². The van der Waals surface area contributed by atoms with Crippen LogP contribution in [-0.4, -0.2) is 17.5 Å². The Balaban J connectivity index is 1.80. The molecule has 1 N–H and O–H groups in total. The molecule has 2 rings (SSSR count). The van der Waals surface area contributed by atoms with Gasteiger partial charge in [-0.1, -0.05) is 6.42 Å². The van der Waals surface area contributed by atoms with E-state index in [-0.39, 0.29) is 0 Å². The van der Waals surface area contributed by atoms with Gasteiger partial charge in [0.05, 0.1) is 12.5 Å². The maximum atomic E-state index is 5.04. The topological polar surface area (TPSA) is 25.2 Å². The number of rotatable bonds is 4. The lowest BCUT2D eigenvalue weighted by atomic mass is 10.2. The molecule has 1 saturated carbocycles. The van der Waals surface area contributed by atoms with Crippen LogP contribution in [0.3, 0.4) is 0 Å². The lowest BCUT2D eigenvalue weighted by Crippen LogP contribution is -2.33. The fourth-order valence-corrected chi connectivity index (χ4v) is 3.05. The Bertz CT molecular complexity index is 260. The third-order valence-electron chi connectivity index (χ3n) is 2.90. The molecule has 14 heavy (non-hydrogen) atoms. The Morgan fingerprint density at radius 1 is 1.57 bits per heavy atom. The molecule has 1 aromatic rings. The zero-order chi connectivity index (χ0) is 9.80. The van der Waals surface area contributed by atoms with Gasteiger partial charge in [0.2, 0.25) is 0 Å². The smallest absolute Gasteiger partial charge is 0.0947 e. The predicted molar refractivity (Wildman–Crippen MR) is 60.5 cm³/mol. The van der Waals surface area contributed by atoms with Gasteiger partial charge in [0, 0.05) is 23.4 Å². The molecule has 0 aromatic carbocycles. The highest BCUT2D eigenvalue weighted by Gasteiger charge is 2.25. The summed E-state index contributed by atoms with van der Waals surface area (Å²) >= 11 is 1.99. The summed E-state index contributed by atoms with van der Waals surface area (Å²) < 4.78 is 5.04. The van der Waals surface area contributed by atoms with Crippen molar-refractivity contribution in [3.8, 4) is 0 Å². The maximum Gasteiger partial charge on any atom is 0.0947 e. The van der Waals surface area contributed by atoms with Gasteiger partial charge < -0.3 is 9.73 Å². The molecule has 2 atom stereocenters. The summed E-state index contributed by atoms with van der Waals surface area (Å²) in [5, 5.41) is 4.41. The van der Waals surface area contributed by atoms with Crippen LogP contribution in [0, 0.1) is 0 Å².